The van der Waals surface area contributed by atoms with E-state index in [4.69, 9.17) is 28.4 Å². The lowest BCUT2D eigenvalue weighted by molar-refractivity contribution is -0.133. The van der Waals surface area contributed by atoms with Crippen LogP contribution in [0.1, 0.15) is 106 Å². The molecule has 0 heterocycles. The van der Waals surface area contributed by atoms with Crippen LogP contribution in [0.5, 0.6) is 5.75 Å². The van der Waals surface area contributed by atoms with Crippen molar-refractivity contribution in [1.29, 1.82) is 0 Å². The van der Waals surface area contributed by atoms with Gasteiger partial charge in [0.05, 0.1) is 11.0 Å². The Labute approximate surface area is 276 Å². The molecule has 0 aliphatic rings. The molecule has 1 rings (SSSR count). The van der Waals surface area contributed by atoms with Gasteiger partial charge in [0, 0.05) is 23.8 Å². The van der Waals surface area contributed by atoms with Crippen molar-refractivity contribution < 1.29 is 24.2 Å². The van der Waals surface area contributed by atoms with Crippen molar-refractivity contribution in [2.75, 3.05) is 0 Å². The molecule has 0 saturated heterocycles. The monoisotopic (exact) mass is 649 g/mol. The molecule has 5 unspecified atom stereocenters. The van der Waals surface area contributed by atoms with Crippen LogP contribution in [0.2, 0.25) is 0 Å². The van der Waals surface area contributed by atoms with Gasteiger partial charge >= 0.3 is 0 Å². The number of nitrogens with two attached hydrogens (primary N) is 2. The molecule has 0 fully saturated rings. The lowest BCUT2D eigenvalue weighted by atomic mass is 9.79. The number of carbonyl (C=O) groups excluding carboxylic acids is 3. The zero-order valence-corrected chi connectivity index (χ0v) is 29.7. The smallest absolute Gasteiger partial charge is 0.243 e. The van der Waals surface area contributed by atoms with Crippen LogP contribution in [0.3, 0.4) is 0 Å². The Kier molecular flexibility index (Phi) is 16.5. The van der Waals surface area contributed by atoms with Crippen molar-refractivity contribution in [2.45, 2.75) is 137 Å². The van der Waals surface area contributed by atoms with Crippen molar-refractivity contribution in [1.82, 2.24) is 16.0 Å². The SMILES string of the molecule is CCCCCC(=O)NC(Cc1ccc(OC(O)C(N)C(C)C)cc1)C(=O)NC(C(=O)NC(C)(C)CC(C)(C)C(N)=S)C(C)CC. The van der Waals surface area contributed by atoms with Gasteiger partial charge in [0.1, 0.15) is 17.8 Å². The molecule has 11 heteroatoms. The summed E-state index contributed by atoms with van der Waals surface area (Å²) in [6.07, 6.45) is 3.11. The number of nitrogens with one attached hydrogen (secondary N) is 3. The number of aliphatic hydroxyl groups excluding tert-OH is 1. The zero-order chi connectivity index (χ0) is 34.5. The summed E-state index contributed by atoms with van der Waals surface area (Å²) in [7, 11) is 0. The van der Waals surface area contributed by atoms with Crippen LogP contribution in [-0.2, 0) is 20.8 Å². The lowest BCUT2D eigenvalue weighted by Gasteiger charge is -2.37. The van der Waals surface area contributed by atoms with E-state index in [2.05, 4.69) is 22.9 Å². The van der Waals surface area contributed by atoms with Gasteiger partial charge in [0.25, 0.3) is 0 Å². The van der Waals surface area contributed by atoms with Gasteiger partial charge in [-0.2, -0.15) is 0 Å². The molecule has 10 nitrogen and oxygen atoms in total. The van der Waals surface area contributed by atoms with Gasteiger partial charge < -0.3 is 37.3 Å². The first-order valence-electron chi connectivity index (χ1n) is 16.2. The summed E-state index contributed by atoms with van der Waals surface area (Å²) in [5, 5.41) is 19.2. The third-order valence-electron chi connectivity index (χ3n) is 8.18. The van der Waals surface area contributed by atoms with Crippen molar-refractivity contribution in [3.05, 3.63) is 29.8 Å². The maximum Gasteiger partial charge on any atom is 0.243 e. The molecule has 256 valence electrons. The van der Waals surface area contributed by atoms with Gasteiger partial charge in [-0.1, -0.05) is 92.1 Å². The lowest BCUT2D eigenvalue weighted by Crippen LogP contribution is -2.59. The van der Waals surface area contributed by atoms with Crippen LogP contribution >= 0.6 is 12.2 Å². The summed E-state index contributed by atoms with van der Waals surface area (Å²) < 4.78 is 5.59. The highest BCUT2D eigenvalue weighted by atomic mass is 32.1. The van der Waals surface area contributed by atoms with Crippen LogP contribution in [0.4, 0.5) is 0 Å². The second kappa shape index (κ2) is 18.4. The molecule has 5 atom stereocenters. The summed E-state index contributed by atoms with van der Waals surface area (Å²) in [5.74, 6) is -0.688. The molecule has 0 spiro atoms. The molecule has 8 N–H and O–H groups in total. The van der Waals surface area contributed by atoms with E-state index in [0.717, 1.165) is 24.8 Å². The van der Waals surface area contributed by atoms with Crippen molar-refractivity contribution in [3.8, 4) is 5.75 Å². The molecular formula is C34H59N5O5S. The zero-order valence-electron chi connectivity index (χ0n) is 28.9. The molecular weight excluding hydrogens is 590 g/mol. The molecule has 0 radical (unpaired) electrons. The topological polar surface area (TPSA) is 169 Å². The number of ether oxygens (including phenoxy) is 1. The largest absolute Gasteiger partial charge is 0.463 e. The molecule has 1 aromatic rings. The molecule has 0 saturated carbocycles. The first kappa shape index (κ1) is 40.3. The molecule has 0 aromatic heterocycles. The van der Waals surface area contributed by atoms with Gasteiger partial charge in [-0.15, -0.1) is 0 Å². The average molecular weight is 650 g/mol. The Balaban J connectivity index is 3.18. The molecule has 0 bridgehead atoms. The van der Waals surface area contributed by atoms with Crippen LogP contribution in [0.25, 0.3) is 0 Å². The highest BCUT2D eigenvalue weighted by Gasteiger charge is 2.36. The van der Waals surface area contributed by atoms with Gasteiger partial charge in [-0.05, 0) is 56.2 Å². The van der Waals surface area contributed by atoms with Crippen LogP contribution in [0, 0.1) is 17.3 Å². The van der Waals surface area contributed by atoms with Crippen molar-refractivity contribution in [3.63, 3.8) is 0 Å². The predicted molar refractivity (Wildman–Crippen MR) is 184 cm³/mol. The van der Waals surface area contributed by atoms with Gasteiger partial charge in [0.15, 0.2) is 0 Å². The standard InChI is InChI=1S/C34H59N5O5S/c1-10-12-13-14-26(40)37-25(19-23-15-17-24(18-16-23)44-31(43)27(35)21(3)4)29(41)38-28(22(5)11-2)30(42)39-34(8,9)20-33(6,7)32(36)45/h15-18,21-22,25,27-28,31,43H,10-14,19-20,35H2,1-9H3,(H2,36,45)(H,37,40)(H,38,41)(H,39,42). The quantitative estimate of drug-likeness (QED) is 0.0697. The molecule has 0 aliphatic carbocycles. The first-order chi connectivity index (χ1) is 20.8. The van der Waals surface area contributed by atoms with E-state index in [1.807, 2.05) is 55.4 Å². The number of thiocarbonyl (C=S) groups is 1. The fourth-order valence-electron chi connectivity index (χ4n) is 5.10. The molecule has 1 aromatic carbocycles. The minimum absolute atomic E-state index is 0.0304. The Hall–Kier alpha value is -2.76. The number of benzene rings is 1. The fourth-order valence-corrected chi connectivity index (χ4v) is 5.17. The molecule has 45 heavy (non-hydrogen) atoms. The molecule has 3 amide bonds. The van der Waals surface area contributed by atoms with E-state index in [-0.39, 0.29) is 30.1 Å². The van der Waals surface area contributed by atoms with E-state index in [0.29, 0.717) is 30.0 Å². The fraction of sp³-hybridized carbons (Fsp3) is 0.706. The van der Waals surface area contributed by atoms with Crippen LogP contribution < -0.4 is 32.2 Å². The number of hydrogen-bond donors (Lipinski definition) is 6. The van der Waals surface area contributed by atoms with E-state index in [1.165, 1.54) is 0 Å². The van der Waals surface area contributed by atoms with E-state index in [9.17, 15) is 19.5 Å². The predicted octanol–water partition coefficient (Wildman–Crippen LogP) is 4.10. The summed E-state index contributed by atoms with van der Waals surface area (Å²) in [5.41, 5.74) is 11.6. The van der Waals surface area contributed by atoms with Crippen LogP contribution in [-0.4, -0.2) is 57.8 Å². The Morgan fingerprint density at radius 3 is 2.09 bits per heavy atom. The maximum atomic E-state index is 13.8. The highest BCUT2D eigenvalue weighted by molar-refractivity contribution is 7.80. The first-order valence-corrected chi connectivity index (χ1v) is 16.6. The number of unbranched alkanes of at least 4 members (excludes halogenated alkanes) is 2. The van der Waals surface area contributed by atoms with Gasteiger partial charge in [-0.25, -0.2) is 0 Å². The number of aliphatic hydroxyl groups is 1. The highest BCUT2D eigenvalue weighted by Crippen LogP contribution is 2.28. The van der Waals surface area contributed by atoms with Gasteiger partial charge in [0.2, 0.25) is 24.0 Å². The third-order valence-corrected chi connectivity index (χ3v) is 8.74. The number of rotatable bonds is 20. The van der Waals surface area contributed by atoms with Crippen molar-refractivity contribution >= 4 is 34.9 Å². The Morgan fingerprint density at radius 1 is 0.978 bits per heavy atom. The third kappa shape index (κ3) is 14.0. The number of amides is 3. The number of hydrogen-bond acceptors (Lipinski definition) is 7. The minimum Gasteiger partial charge on any atom is -0.463 e. The van der Waals surface area contributed by atoms with E-state index in [1.54, 1.807) is 24.3 Å². The maximum absolute atomic E-state index is 13.8. The Morgan fingerprint density at radius 2 is 1.58 bits per heavy atom. The average Bonchev–Trinajstić information content (AvgIpc) is 2.94. The summed E-state index contributed by atoms with van der Waals surface area (Å²) >= 11 is 5.23. The second-order valence-electron chi connectivity index (χ2n) is 13.9. The minimum atomic E-state index is -1.16. The summed E-state index contributed by atoms with van der Waals surface area (Å²) in [6, 6.07) is 4.65. The van der Waals surface area contributed by atoms with Crippen LogP contribution in [0.15, 0.2) is 24.3 Å². The van der Waals surface area contributed by atoms with Gasteiger partial charge in [-0.3, -0.25) is 14.4 Å². The van der Waals surface area contributed by atoms with Crippen molar-refractivity contribution in [2.24, 2.45) is 28.7 Å². The normalized spacial score (nSPS) is 15.4. The Bertz CT molecular complexity index is 1110. The number of carbonyl (C=O) groups is 3. The molecule has 0 aliphatic heterocycles. The summed E-state index contributed by atoms with van der Waals surface area (Å²) in [4.78, 5) is 40.6. The van der Waals surface area contributed by atoms with E-state index < -0.39 is 41.3 Å². The second-order valence-corrected chi connectivity index (χ2v) is 14.4. The van der Waals surface area contributed by atoms with E-state index >= 15 is 0 Å². The summed E-state index contributed by atoms with van der Waals surface area (Å²) in [6.45, 7) is 17.4.